The second-order valence-corrected chi connectivity index (χ2v) is 13.1. The number of methoxy groups -OCH3 is 1. The maximum atomic E-state index is 14.1. The molecule has 13 heteroatoms. The van der Waals surface area contributed by atoms with E-state index in [1.54, 1.807) is 37.3 Å². The van der Waals surface area contributed by atoms with Crippen LogP contribution in [0.5, 0.6) is 5.75 Å². The number of hydrogen-bond acceptors (Lipinski definition) is 5. The van der Waals surface area contributed by atoms with Crippen molar-refractivity contribution in [1.29, 1.82) is 0 Å². The molecule has 0 spiro atoms. The number of amides is 2. The van der Waals surface area contributed by atoms with Gasteiger partial charge >= 0.3 is 6.18 Å². The van der Waals surface area contributed by atoms with Crippen LogP contribution in [0, 0.1) is 0 Å². The molecule has 1 saturated carbocycles. The van der Waals surface area contributed by atoms with E-state index in [2.05, 4.69) is 5.32 Å². The van der Waals surface area contributed by atoms with Gasteiger partial charge in [0.2, 0.25) is 11.8 Å². The molecule has 1 aliphatic carbocycles. The van der Waals surface area contributed by atoms with E-state index in [9.17, 15) is 31.2 Å². The first kappa shape index (κ1) is 34.1. The summed E-state index contributed by atoms with van der Waals surface area (Å²) in [6.07, 6.45) is -0.234. The molecule has 0 heterocycles. The van der Waals surface area contributed by atoms with Crippen molar-refractivity contribution in [2.24, 2.45) is 0 Å². The number of benzene rings is 3. The third-order valence-corrected chi connectivity index (χ3v) is 9.90. The van der Waals surface area contributed by atoms with E-state index in [0.717, 1.165) is 44.2 Å². The molecule has 1 aliphatic rings. The minimum Gasteiger partial charge on any atom is -0.497 e. The maximum absolute atomic E-state index is 14.1. The second kappa shape index (κ2) is 14.6. The van der Waals surface area contributed by atoms with E-state index in [-0.39, 0.29) is 17.5 Å². The number of nitrogens with zero attached hydrogens (tertiary/aromatic N) is 2. The van der Waals surface area contributed by atoms with Gasteiger partial charge < -0.3 is 15.0 Å². The molecule has 0 radical (unpaired) electrons. The Kier molecular flexibility index (Phi) is 11.0. The van der Waals surface area contributed by atoms with Gasteiger partial charge in [0.25, 0.3) is 10.0 Å². The molecule has 0 unspecified atom stereocenters. The highest BCUT2D eigenvalue weighted by molar-refractivity contribution is 7.92. The van der Waals surface area contributed by atoms with Gasteiger partial charge in [0, 0.05) is 12.6 Å². The first-order valence-electron chi connectivity index (χ1n) is 14.5. The van der Waals surface area contributed by atoms with E-state index in [1.807, 2.05) is 0 Å². The smallest absolute Gasteiger partial charge is 0.417 e. The van der Waals surface area contributed by atoms with E-state index >= 15 is 0 Å². The number of nitrogens with one attached hydrogen (secondary N) is 1. The Hall–Kier alpha value is -3.77. The van der Waals surface area contributed by atoms with Crippen LogP contribution < -0.4 is 14.4 Å². The average Bonchev–Trinajstić information content (AvgIpc) is 3.03. The number of carbonyl (C=O) groups is 2. The van der Waals surface area contributed by atoms with Crippen molar-refractivity contribution >= 4 is 39.1 Å². The third-order valence-electron chi connectivity index (χ3n) is 7.78. The quantitative estimate of drug-likeness (QED) is 0.255. The summed E-state index contributed by atoms with van der Waals surface area (Å²) in [5.41, 5.74) is -1.03. The Morgan fingerprint density at radius 3 is 2.24 bits per heavy atom. The molecule has 242 valence electrons. The third kappa shape index (κ3) is 8.49. The number of anilines is 1. The highest BCUT2D eigenvalue weighted by Gasteiger charge is 2.37. The minimum atomic E-state index is -4.88. The lowest BCUT2D eigenvalue weighted by atomic mass is 9.95. The van der Waals surface area contributed by atoms with Crippen molar-refractivity contribution in [3.05, 3.63) is 88.9 Å². The Morgan fingerprint density at radius 1 is 1.00 bits per heavy atom. The molecule has 45 heavy (non-hydrogen) atoms. The summed E-state index contributed by atoms with van der Waals surface area (Å²) in [5.74, 6) is -0.629. The van der Waals surface area contributed by atoms with E-state index in [0.29, 0.717) is 21.7 Å². The Balaban J connectivity index is 1.73. The lowest BCUT2D eigenvalue weighted by Gasteiger charge is -2.33. The van der Waals surface area contributed by atoms with Gasteiger partial charge in [0.15, 0.2) is 0 Å². The maximum Gasteiger partial charge on any atom is 0.417 e. The summed E-state index contributed by atoms with van der Waals surface area (Å²) in [6.45, 7) is 0.586. The van der Waals surface area contributed by atoms with Crippen LogP contribution in [0.4, 0.5) is 18.9 Å². The van der Waals surface area contributed by atoms with Crippen molar-refractivity contribution in [2.75, 3.05) is 18.0 Å². The number of alkyl halides is 3. The average molecular weight is 666 g/mol. The molecule has 8 nitrogen and oxygen atoms in total. The van der Waals surface area contributed by atoms with Crippen LogP contribution in [0.2, 0.25) is 5.02 Å². The molecule has 1 N–H and O–H groups in total. The van der Waals surface area contributed by atoms with Crippen LogP contribution in [-0.4, -0.2) is 50.9 Å². The fraction of sp³-hybridized carbons (Fsp3) is 0.375. The highest BCUT2D eigenvalue weighted by Crippen LogP contribution is 2.38. The van der Waals surface area contributed by atoms with E-state index in [4.69, 9.17) is 16.3 Å². The van der Waals surface area contributed by atoms with Crippen LogP contribution >= 0.6 is 11.6 Å². The van der Waals surface area contributed by atoms with Gasteiger partial charge in [0.1, 0.15) is 18.3 Å². The topological polar surface area (TPSA) is 96.0 Å². The summed E-state index contributed by atoms with van der Waals surface area (Å²) in [5, 5.41) is 2.38. The van der Waals surface area contributed by atoms with Crippen LogP contribution in [0.15, 0.2) is 77.7 Å². The fourth-order valence-corrected chi connectivity index (χ4v) is 6.86. The van der Waals surface area contributed by atoms with E-state index < -0.39 is 56.9 Å². The zero-order chi connectivity index (χ0) is 32.8. The largest absolute Gasteiger partial charge is 0.497 e. The molecule has 1 atom stereocenters. The molecule has 3 aromatic carbocycles. The van der Waals surface area contributed by atoms with Gasteiger partial charge in [-0.05, 0) is 67.8 Å². The number of carbonyl (C=O) groups excluding carboxylic acids is 2. The summed E-state index contributed by atoms with van der Waals surface area (Å²) in [4.78, 5) is 28.5. The lowest BCUT2D eigenvalue weighted by Crippen LogP contribution is -2.53. The molecule has 2 amide bonds. The van der Waals surface area contributed by atoms with Crippen LogP contribution in [-0.2, 0) is 32.3 Å². The van der Waals surface area contributed by atoms with Crippen molar-refractivity contribution in [3.8, 4) is 5.75 Å². The highest BCUT2D eigenvalue weighted by atomic mass is 35.5. The predicted molar refractivity (Wildman–Crippen MR) is 165 cm³/mol. The normalized spacial score (nSPS) is 14.8. The Bertz CT molecular complexity index is 1580. The molecular weight excluding hydrogens is 631 g/mol. The van der Waals surface area contributed by atoms with Gasteiger partial charge in [-0.15, -0.1) is 0 Å². The second-order valence-electron chi connectivity index (χ2n) is 10.9. The molecule has 0 aromatic heterocycles. The molecular formula is C32H35ClF3N3O5S. The zero-order valence-electron chi connectivity index (χ0n) is 24.9. The first-order valence-corrected chi connectivity index (χ1v) is 16.3. The van der Waals surface area contributed by atoms with Gasteiger partial charge in [-0.3, -0.25) is 13.9 Å². The molecule has 4 rings (SSSR count). The Morgan fingerprint density at radius 2 is 1.64 bits per heavy atom. The minimum absolute atomic E-state index is 0.0450. The van der Waals surface area contributed by atoms with Crippen molar-refractivity contribution in [1.82, 2.24) is 10.2 Å². The summed E-state index contributed by atoms with van der Waals surface area (Å²) in [7, 11) is -3.04. The predicted octanol–water partition coefficient (Wildman–Crippen LogP) is 6.43. The number of hydrogen-bond donors (Lipinski definition) is 1. The first-order chi connectivity index (χ1) is 21.3. The lowest BCUT2D eigenvalue weighted by molar-refractivity contribution is -0.139. The van der Waals surface area contributed by atoms with Crippen molar-refractivity contribution in [3.63, 3.8) is 0 Å². The van der Waals surface area contributed by atoms with Crippen LogP contribution in [0.3, 0.4) is 0 Å². The number of sulfonamides is 1. The standard InChI is InChI=1S/C32H35ClF3N3O5S/c1-22(31(41)37-24-9-5-3-6-10-24)38(20-23-13-16-26(44-2)17-14-23)30(40)21-39(45(42,43)27-11-7-4-8-12-27)25-15-18-29(33)28(19-25)32(34,35)36/h4,7-8,11-19,22,24H,3,5-6,9-10,20-21H2,1-2H3,(H,37,41)/t22-/m1/s1. The zero-order valence-corrected chi connectivity index (χ0v) is 26.5. The van der Waals surface area contributed by atoms with Gasteiger partial charge in [-0.25, -0.2) is 8.42 Å². The number of halogens is 4. The summed E-state index contributed by atoms with van der Waals surface area (Å²) in [6, 6.07) is 15.4. The van der Waals surface area contributed by atoms with Crippen LogP contribution in [0.25, 0.3) is 0 Å². The number of ether oxygens (including phenoxy) is 1. The molecule has 0 bridgehead atoms. The fourth-order valence-electron chi connectivity index (χ4n) is 5.21. The van der Waals surface area contributed by atoms with Gasteiger partial charge in [0.05, 0.1) is 28.3 Å². The van der Waals surface area contributed by atoms with Crippen molar-refractivity contribution < 1.29 is 35.9 Å². The van der Waals surface area contributed by atoms with Crippen LogP contribution in [0.1, 0.15) is 50.2 Å². The van der Waals surface area contributed by atoms with Gasteiger partial charge in [-0.2, -0.15) is 13.2 Å². The molecule has 1 fully saturated rings. The Labute approximate surface area is 266 Å². The van der Waals surface area contributed by atoms with Gasteiger partial charge in [-0.1, -0.05) is 61.2 Å². The number of rotatable bonds is 11. The monoisotopic (exact) mass is 665 g/mol. The molecule has 0 saturated heterocycles. The summed E-state index contributed by atoms with van der Waals surface area (Å²) < 4.78 is 75.0. The SMILES string of the molecule is COc1ccc(CN(C(=O)CN(c2ccc(Cl)c(C(F)(F)F)c2)S(=O)(=O)c2ccccc2)[C@H](C)C(=O)NC2CCCCC2)cc1. The van der Waals surface area contributed by atoms with Crippen molar-refractivity contribution in [2.45, 2.75) is 68.7 Å². The van der Waals surface area contributed by atoms with E-state index in [1.165, 1.54) is 36.3 Å². The summed E-state index contributed by atoms with van der Waals surface area (Å²) >= 11 is 5.82. The molecule has 0 aliphatic heterocycles. The molecule has 3 aromatic rings.